The molecule has 4 rings (SSSR count). The van der Waals surface area contributed by atoms with Gasteiger partial charge in [0.1, 0.15) is 17.3 Å². The first-order chi connectivity index (χ1) is 14.5. The highest BCUT2D eigenvalue weighted by atomic mass is 16.5. The fourth-order valence-electron chi connectivity index (χ4n) is 4.30. The Hall–Kier alpha value is -3.03. The number of amides is 1. The van der Waals surface area contributed by atoms with Crippen LogP contribution >= 0.6 is 0 Å². The molecule has 0 spiro atoms. The molecule has 158 valence electrons. The molecule has 8 heteroatoms. The summed E-state index contributed by atoms with van der Waals surface area (Å²) >= 11 is 0. The topological polar surface area (TPSA) is 101 Å². The number of ketones is 1. The van der Waals surface area contributed by atoms with E-state index in [1.54, 1.807) is 11.9 Å². The summed E-state index contributed by atoms with van der Waals surface area (Å²) in [5, 5.41) is 13.5. The van der Waals surface area contributed by atoms with Crippen LogP contribution < -0.4 is 10.3 Å². The van der Waals surface area contributed by atoms with Gasteiger partial charge in [-0.2, -0.15) is 10.1 Å². The predicted octanol–water partition coefficient (Wildman–Crippen LogP) is 3.27. The Labute approximate surface area is 175 Å². The second-order valence-corrected chi connectivity index (χ2v) is 8.14. The summed E-state index contributed by atoms with van der Waals surface area (Å²) in [7, 11) is 0. The molecule has 1 aliphatic carbocycles. The number of hydrazone groups is 1. The van der Waals surface area contributed by atoms with Crippen molar-refractivity contribution < 1.29 is 14.1 Å². The van der Waals surface area contributed by atoms with Crippen LogP contribution in [0.2, 0.25) is 0 Å². The summed E-state index contributed by atoms with van der Waals surface area (Å²) in [5.41, 5.74) is 0.473. The molecule has 1 amide bonds. The van der Waals surface area contributed by atoms with Gasteiger partial charge in [-0.3, -0.25) is 14.6 Å². The molecule has 0 radical (unpaired) electrons. The van der Waals surface area contributed by atoms with Crippen LogP contribution in [0, 0.1) is 6.92 Å². The van der Waals surface area contributed by atoms with Crippen molar-refractivity contribution in [3.8, 4) is 0 Å². The summed E-state index contributed by atoms with van der Waals surface area (Å²) in [6.45, 7) is 3.28. The van der Waals surface area contributed by atoms with Gasteiger partial charge in [0.05, 0.1) is 5.69 Å². The van der Waals surface area contributed by atoms with Gasteiger partial charge >= 0.3 is 0 Å². The Bertz CT molecular complexity index is 945. The molecule has 1 atom stereocenters. The van der Waals surface area contributed by atoms with Gasteiger partial charge in [-0.25, -0.2) is 0 Å². The van der Waals surface area contributed by atoms with Crippen LogP contribution in [0.15, 0.2) is 40.0 Å². The lowest BCUT2D eigenvalue weighted by Crippen LogP contribution is -2.49. The number of nitrogens with zero attached hydrogens (tertiary/aromatic N) is 4. The van der Waals surface area contributed by atoms with E-state index < -0.39 is 11.6 Å². The standard InChI is InChI=1S/C22H27N5O3/c1-15(28)19-14-18(25-27(19)17-10-6-5-7-11-17)20(29)24-22(12-8-3-4-9-13-22)21-23-16(2)30-26-21/h5-7,10-11,19H,3-4,8-9,12-14H2,1-2H3,(H,24,29). The maximum atomic E-state index is 13.3. The molecular formula is C22H27N5O3. The highest BCUT2D eigenvalue weighted by molar-refractivity contribution is 6.40. The molecule has 2 aliphatic rings. The zero-order valence-electron chi connectivity index (χ0n) is 17.4. The average molecular weight is 409 g/mol. The third-order valence-electron chi connectivity index (χ3n) is 5.93. The first-order valence-corrected chi connectivity index (χ1v) is 10.5. The molecule has 1 N–H and O–H groups in total. The lowest BCUT2D eigenvalue weighted by atomic mass is 9.88. The van der Waals surface area contributed by atoms with Gasteiger partial charge in [0.15, 0.2) is 11.6 Å². The molecule has 8 nitrogen and oxygen atoms in total. The molecule has 1 aliphatic heterocycles. The quantitative estimate of drug-likeness (QED) is 0.761. The summed E-state index contributed by atoms with van der Waals surface area (Å²) in [5.74, 6) is 0.706. The van der Waals surface area contributed by atoms with E-state index in [1.807, 2.05) is 30.3 Å². The number of rotatable bonds is 5. The van der Waals surface area contributed by atoms with Gasteiger partial charge in [0.2, 0.25) is 5.89 Å². The number of anilines is 1. The van der Waals surface area contributed by atoms with Crippen LogP contribution in [0.5, 0.6) is 0 Å². The molecule has 0 saturated heterocycles. The zero-order chi connectivity index (χ0) is 21.1. The summed E-state index contributed by atoms with van der Waals surface area (Å²) < 4.78 is 5.22. The molecule has 1 unspecified atom stereocenters. The lowest BCUT2D eigenvalue weighted by Gasteiger charge is -2.30. The normalized spacial score (nSPS) is 21.1. The first-order valence-electron chi connectivity index (χ1n) is 10.5. The average Bonchev–Trinajstić information content (AvgIpc) is 3.32. The number of hydrogen-bond acceptors (Lipinski definition) is 7. The number of carbonyl (C=O) groups is 2. The van der Waals surface area contributed by atoms with Gasteiger partial charge in [0.25, 0.3) is 5.91 Å². The summed E-state index contributed by atoms with van der Waals surface area (Å²) in [4.78, 5) is 30.0. The molecule has 1 saturated carbocycles. The van der Waals surface area contributed by atoms with Crippen molar-refractivity contribution in [2.24, 2.45) is 5.10 Å². The van der Waals surface area contributed by atoms with Crippen molar-refractivity contribution in [3.05, 3.63) is 42.0 Å². The van der Waals surface area contributed by atoms with Gasteiger partial charge in [-0.05, 0) is 31.9 Å². The Kier molecular flexibility index (Phi) is 5.65. The van der Waals surface area contributed by atoms with E-state index in [9.17, 15) is 9.59 Å². The van der Waals surface area contributed by atoms with Crippen molar-refractivity contribution in [2.75, 3.05) is 5.01 Å². The third kappa shape index (κ3) is 3.99. The Morgan fingerprint density at radius 3 is 2.43 bits per heavy atom. The highest BCUT2D eigenvalue weighted by Crippen LogP contribution is 2.35. The van der Waals surface area contributed by atoms with E-state index in [2.05, 4.69) is 20.6 Å². The number of hydrogen-bond donors (Lipinski definition) is 1. The van der Waals surface area contributed by atoms with Crippen LogP contribution in [-0.2, 0) is 15.1 Å². The van der Waals surface area contributed by atoms with Crippen molar-refractivity contribution >= 4 is 23.1 Å². The molecular weight excluding hydrogens is 382 g/mol. The smallest absolute Gasteiger partial charge is 0.268 e. The lowest BCUT2D eigenvalue weighted by molar-refractivity contribution is -0.118. The molecule has 1 aromatic carbocycles. The van der Waals surface area contributed by atoms with Crippen LogP contribution in [0.25, 0.3) is 0 Å². The largest absolute Gasteiger partial charge is 0.340 e. The minimum Gasteiger partial charge on any atom is -0.340 e. The van der Waals surface area contributed by atoms with Gasteiger partial charge < -0.3 is 9.84 Å². The zero-order valence-corrected chi connectivity index (χ0v) is 17.4. The number of carbonyl (C=O) groups excluding carboxylic acids is 2. The maximum absolute atomic E-state index is 13.3. The fourth-order valence-corrected chi connectivity index (χ4v) is 4.30. The van der Waals surface area contributed by atoms with Crippen molar-refractivity contribution in [2.45, 2.75) is 70.4 Å². The number of Topliss-reactive ketones (excluding diaryl/α,β-unsaturated/α-hetero) is 1. The second kappa shape index (κ2) is 8.38. The number of aromatic nitrogens is 2. The minimum atomic E-state index is -0.667. The van der Waals surface area contributed by atoms with Crippen LogP contribution in [0.3, 0.4) is 0 Å². The van der Waals surface area contributed by atoms with Gasteiger partial charge in [0, 0.05) is 13.3 Å². The van der Waals surface area contributed by atoms with Crippen molar-refractivity contribution in [1.29, 1.82) is 0 Å². The van der Waals surface area contributed by atoms with E-state index in [0.29, 0.717) is 17.4 Å². The molecule has 2 heterocycles. The molecule has 1 aromatic heterocycles. The highest BCUT2D eigenvalue weighted by Gasteiger charge is 2.41. The third-order valence-corrected chi connectivity index (χ3v) is 5.93. The van der Waals surface area contributed by atoms with Crippen LogP contribution in [0.1, 0.15) is 63.6 Å². The van der Waals surface area contributed by atoms with Crippen LogP contribution in [-0.4, -0.2) is 33.6 Å². The SMILES string of the molecule is CC(=O)C1CC(C(=O)NC2(c3noc(C)n3)CCCCCC2)=NN1c1ccccc1. The van der Waals surface area contributed by atoms with E-state index in [1.165, 1.54) is 6.92 Å². The maximum Gasteiger partial charge on any atom is 0.268 e. The Morgan fingerprint density at radius 2 is 1.83 bits per heavy atom. The number of nitrogens with one attached hydrogen (secondary N) is 1. The predicted molar refractivity (Wildman–Crippen MR) is 112 cm³/mol. The van der Waals surface area contributed by atoms with Crippen molar-refractivity contribution in [3.63, 3.8) is 0 Å². The molecule has 1 fully saturated rings. The van der Waals surface area contributed by atoms with Gasteiger partial charge in [-0.15, -0.1) is 0 Å². The number of para-hydroxylation sites is 1. The molecule has 2 aromatic rings. The minimum absolute atomic E-state index is 0.0247. The first kappa shape index (κ1) is 20.3. The Morgan fingerprint density at radius 1 is 1.13 bits per heavy atom. The second-order valence-electron chi connectivity index (χ2n) is 8.14. The monoisotopic (exact) mass is 409 g/mol. The summed E-state index contributed by atoms with van der Waals surface area (Å²) in [6, 6.07) is 8.97. The van der Waals surface area contributed by atoms with E-state index >= 15 is 0 Å². The Balaban J connectivity index is 1.61. The van der Waals surface area contributed by atoms with Crippen molar-refractivity contribution in [1.82, 2.24) is 15.5 Å². The van der Waals surface area contributed by atoms with E-state index in [4.69, 9.17) is 4.52 Å². The number of benzene rings is 1. The van der Waals surface area contributed by atoms with Gasteiger partial charge in [-0.1, -0.05) is 49.0 Å². The molecule has 0 bridgehead atoms. The molecule has 30 heavy (non-hydrogen) atoms. The summed E-state index contributed by atoms with van der Waals surface area (Å²) in [6.07, 6.45) is 5.97. The number of aryl methyl sites for hydroxylation is 1. The van der Waals surface area contributed by atoms with E-state index in [-0.39, 0.29) is 18.1 Å². The van der Waals surface area contributed by atoms with E-state index in [0.717, 1.165) is 44.2 Å². The van der Waals surface area contributed by atoms with Crippen LogP contribution in [0.4, 0.5) is 5.69 Å². The fraction of sp³-hybridized carbons (Fsp3) is 0.500.